The predicted octanol–water partition coefficient (Wildman–Crippen LogP) is 2.36. The Hall–Kier alpha value is -1.58. The average molecular weight is 247 g/mol. The summed E-state index contributed by atoms with van der Waals surface area (Å²) >= 11 is 0. The number of hydrogen-bond donors (Lipinski definition) is 2. The summed E-state index contributed by atoms with van der Waals surface area (Å²) < 4.78 is 0. The molecule has 4 nitrogen and oxygen atoms in total. The molecule has 0 bridgehead atoms. The summed E-state index contributed by atoms with van der Waals surface area (Å²) in [4.78, 5) is 16.1. The Bertz CT molecular complexity index is 411. The third kappa shape index (κ3) is 3.00. The molecule has 4 heteroatoms. The van der Waals surface area contributed by atoms with Crippen LogP contribution in [0.15, 0.2) is 18.3 Å². The second kappa shape index (κ2) is 5.85. The van der Waals surface area contributed by atoms with Gasteiger partial charge in [0, 0.05) is 12.2 Å². The van der Waals surface area contributed by atoms with E-state index in [2.05, 4.69) is 17.2 Å². The monoisotopic (exact) mass is 247 g/mol. The Morgan fingerprint density at radius 3 is 2.78 bits per heavy atom. The van der Waals surface area contributed by atoms with Gasteiger partial charge in [0.15, 0.2) is 5.69 Å². The van der Waals surface area contributed by atoms with E-state index in [1.54, 1.807) is 18.3 Å². The maximum absolute atomic E-state index is 12.0. The maximum Gasteiger partial charge on any atom is 0.272 e. The lowest BCUT2D eigenvalue weighted by molar-refractivity contribution is 0.0917. The quantitative estimate of drug-likeness (QED) is 0.861. The summed E-state index contributed by atoms with van der Waals surface area (Å²) in [6.45, 7) is 2.23. The highest BCUT2D eigenvalue weighted by Crippen LogP contribution is 2.26. The van der Waals surface area contributed by atoms with E-state index >= 15 is 0 Å². The highest BCUT2D eigenvalue weighted by Gasteiger charge is 2.22. The van der Waals surface area contributed by atoms with Crippen molar-refractivity contribution >= 4 is 11.6 Å². The predicted molar refractivity (Wildman–Crippen MR) is 72.2 cm³/mol. The number of carbonyl (C=O) groups excluding carboxylic acids is 1. The first-order valence-corrected chi connectivity index (χ1v) is 6.72. The van der Waals surface area contributed by atoms with Crippen molar-refractivity contribution in [3.8, 4) is 0 Å². The van der Waals surface area contributed by atoms with Gasteiger partial charge in [0.1, 0.15) is 0 Å². The number of nitrogen functional groups attached to an aromatic ring is 1. The van der Waals surface area contributed by atoms with Gasteiger partial charge in [-0.1, -0.05) is 13.3 Å². The minimum atomic E-state index is -0.145. The molecule has 0 atom stereocenters. The van der Waals surface area contributed by atoms with Crippen molar-refractivity contribution in [2.24, 2.45) is 5.92 Å². The van der Waals surface area contributed by atoms with Gasteiger partial charge in [0.2, 0.25) is 0 Å². The number of pyridine rings is 1. The zero-order valence-electron chi connectivity index (χ0n) is 10.9. The summed E-state index contributed by atoms with van der Waals surface area (Å²) in [6, 6.07) is 3.72. The minimum Gasteiger partial charge on any atom is -0.397 e. The van der Waals surface area contributed by atoms with Crippen LogP contribution in [0.2, 0.25) is 0 Å². The third-order valence-electron chi connectivity index (χ3n) is 3.81. The molecule has 0 unspecified atom stereocenters. The van der Waals surface area contributed by atoms with Crippen LogP contribution >= 0.6 is 0 Å². The van der Waals surface area contributed by atoms with E-state index < -0.39 is 0 Å². The Morgan fingerprint density at radius 1 is 1.44 bits per heavy atom. The number of anilines is 1. The fourth-order valence-electron chi connectivity index (χ4n) is 2.58. The van der Waals surface area contributed by atoms with Crippen LogP contribution in [0, 0.1) is 5.92 Å². The van der Waals surface area contributed by atoms with E-state index in [1.807, 2.05) is 0 Å². The van der Waals surface area contributed by atoms with Crippen molar-refractivity contribution in [1.29, 1.82) is 0 Å². The van der Waals surface area contributed by atoms with Crippen LogP contribution in [0.3, 0.4) is 0 Å². The lowest BCUT2D eigenvalue weighted by atomic mass is 9.84. The first-order chi connectivity index (χ1) is 8.70. The Balaban J connectivity index is 1.91. The number of nitrogens with one attached hydrogen (secondary N) is 1. The van der Waals surface area contributed by atoms with Gasteiger partial charge in [-0.05, 0) is 43.7 Å². The van der Waals surface area contributed by atoms with Crippen molar-refractivity contribution in [1.82, 2.24) is 10.3 Å². The number of rotatable bonds is 3. The molecule has 1 aromatic rings. The summed E-state index contributed by atoms with van der Waals surface area (Å²) in [7, 11) is 0. The summed E-state index contributed by atoms with van der Waals surface area (Å²) in [5.74, 6) is 0.686. The van der Waals surface area contributed by atoms with Gasteiger partial charge in [-0.15, -0.1) is 0 Å². The first kappa shape index (κ1) is 12.9. The van der Waals surface area contributed by atoms with Crippen LogP contribution in [0.1, 0.15) is 49.5 Å². The molecular weight excluding hydrogens is 226 g/mol. The normalized spacial score (nSPS) is 23.6. The number of amides is 1. The van der Waals surface area contributed by atoms with E-state index in [-0.39, 0.29) is 11.9 Å². The van der Waals surface area contributed by atoms with Crippen LogP contribution in [-0.4, -0.2) is 16.9 Å². The summed E-state index contributed by atoms with van der Waals surface area (Å²) in [5.41, 5.74) is 6.53. The molecule has 1 fully saturated rings. The van der Waals surface area contributed by atoms with Crippen molar-refractivity contribution in [3.05, 3.63) is 24.0 Å². The molecule has 3 N–H and O–H groups in total. The van der Waals surface area contributed by atoms with E-state index in [9.17, 15) is 4.79 Å². The van der Waals surface area contributed by atoms with Crippen molar-refractivity contribution in [2.45, 2.75) is 45.1 Å². The maximum atomic E-state index is 12.0. The zero-order chi connectivity index (χ0) is 13.0. The van der Waals surface area contributed by atoms with Crippen molar-refractivity contribution in [2.75, 3.05) is 5.73 Å². The van der Waals surface area contributed by atoms with Crippen LogP contribution in [-0.2, 0) is 0 Å². The highest BCUT2D eigenvalue weighted by molar-refractivity contribution is 5.97. The Morgan fingerprint density at radius 2 is 2.17 bits per heavy atom. The number of carbonyl (C=O) groups is 1. The SMILES string of the molecule is CCC1CCC(NC(=O)c2ncccc2N)CC1. The van der Waals surface area contributed by atoms with E-state index in [0.717, 1.165) is 18.8 Å². The Kier molecular flexibility index (Phi) is 4.18. The lowest BCUT2D eigenvalue weighted by Gasteiger charge is -2.28. The molecule has 0 spiro atoms. The molecule has 1 aromatic heterocycles. The van der Waals surface area contributed by atoms with Crippen LogP contribution in [0.4, 0.5) is 5.69 Å². The molecule has 1 aliphatic carbocycles. The van der Waals surface area contributed by atoms with Gasteiger partial charge >= 0.3 is 0 Å². The molecule has 0 aromatic carbocycles. The lowest BCUT2D eigenvalue weighted by Crippen LogP contribution is -2.38. The van der Waals surface area contributed by atoms with Gasteiger partial charge in [0.05, 0.1) is 5.69 Å². The molecule has 1 saturated carbocycles. The van der Waals surface area contributed by atoms with Crippen LogP contribution in [0.5, 0.6) is 0 Å². The van der Waals surface area contributed by atoms with Gasteiger partial charge in [-0.3, -0.25) is 4.79 Å². The van der Waals surface area contributed by atoms with Crippen LogP contribution in [0.25, 0.3) is 0 Å². The average Bonchev–Trinajstić information content (AvgIpc) is 2.40. The van der Waals surface area contributed by atoms with Gasteiger partial charge in [0.25, 0.3) is 5.91 Å². The van der Waals surface area contributed by atoms with Gasteiger partial charge < -0.3 is 11.1 Å². The van der Waals surface area contributed by atoms with E-state index in [1.165, 1.54) is 19.3 Å². The molecule has 0 radical (unpaired) electrons. The van der Waals surface area contributed by atoms with Crippen LogP contribution < -0.4 is 11.1 Å². The fourth-order valence-corrected chi connectivity index (χ4v) is 2.58. The molecule has 98 valence electrons. The third-order valence-corrected chi connectivity index (χ3v) is 3.81. The topological polar surface area (TPSA) is 68.0 Å². The molecule has 1 amide bonds. The summed E-state index contributed by atoms with van der Waals surface area (Å²) in [6.07, 6.45) is 7.39. The smallest absolute Gasteiger partial charge is 0.272 e. The van der Waals surface area contributed by atoms with Gasteiger partial charge in [-0.25, -0.2) is 4.98 Å². The molecule has 1 heterocycles. The molecule has 0 aliphatic heterocycles. The van der Waals surface area contributed by atoms with Crippen molar-refractivity contribution in [3.63, 3.8) is 0 Å². The zero-order valence-corrected chi connectivity index (χ0v) is 10.9. The number of nitrogens with two attached hydrogens (primary N) is 1. The fraction of sp³-hybridized carbons (Fsp3) is 0.571. The number of aromatic nitrogens is 1. The van der Waals surface area contributed by atoms with Gasteiger partial charge in [-0.2, -0.15) is 0 Å². The Labute approximate surface area is 108 Å². The standard InChI is InChI=1S/C14H21N3O/c1-2-10-5-7-11(8-6-10)17-14(18)13-12(15)4-3-9-16-13/h3-4,9-11H,2,5-8,15H2,1H3,(H,17,18). The molecular formula is C14H21N3O. The first-order valence-electron chi connectivity index (χ1n) is 6.72. The van der Waals surface area contributed by atoms with E-state index in [0.29, 0.717) is 11.4 Å². The molecule has 18 heavy (non-hydrogen) atoms. The van der Waals surface area contributed by atoms with E-state index in [4.69, 9.17) is 5.73 Å². The summed E-state index contributed by atoms with van der Waals surface area (Å²) in [5, 5.41) is 3.04. The molecule has 1 aliphatic rings. The molecule has 2 rings (SSSR count). The molecule has 0 saturated heterocycles. The minimum absolute atomic E-state index is 0.145. The number of nitrogens with zero attached hydrogens (tertiary/aromatic N) is 1. The highest BCUT2D eigenvalue weighted by atomic mass is 16.1. The largest absolute Gasteiger partial charge is 0.397 e. The van der Waals surface area contributed by atoms with Crippen molar-refractivity contribution < 1.29 is 4.79 Å². The second-order valence-corrected chi connectivity index (χ2v) is 5.04. The number of hydrogen-bond acceptors (Lipinski definition) is 3. The second-order valence-electron chi connectivity index (χ2n) is 5.04.